The van der Waals surface area contributed by atoms with Crippen LogP contribution in [0.4, 0.5) is 0 Å². The highest BCUT2D eigenvalue weighted by atomic mass is 32.2. The van der Waals surface area contributed by atoms with Gasteiger partial charge in [0.15, 0.2) is 0 Å². The second-order valence-electron chi connectivity index (χ2n) is 3.95. The van der Waals surface area contributed by atoms with Crippen molar-refractivity contribution >= 4 is 30.9 Å². The van der Waals surface area contributed by atoms with E-state index in [1.807, 2.05) is 0 Å². The number of hydrogen-bond donors (Lipinski definition) is 2. The largest absolute Gasteiger partial charge is 0.361 e. The van der Waals surface area contributed by atoms with Gasteiger partial charge in [-0.25, -0.2) is 0 Å². The smallest absolute Gasteiger partial charge is 0.305 e. The molecule has 2 rings (SSSR count). The van der Waals surface area contributed by atoms with Crippen LogP contribution in [-0.2, 0) is 20.2 Å². The molecule has 2 N–H and O–H groups in total. The Bertz CT molecular complexity index is 876. The van der Waals surface area contributed by atoms with Crippen LogP contribution in [0.25, 0.3) is 10.4 Å². The van der Waals surface area contributed by atoms with Gasteiger partial charge in [0.2, 0.25) is 0 Å². The molecule has 0 saturated carbocycles. The molecule has 8 nitrogen and oxygen atoms in total. The molecule has 0 bridgehead atoms. The summed E-state index contributed by atoms with van der Waals surface area (Å²) in [6.45, 7) is 0. The molecular formula is C10H8N2O6S2. The summed E-state index contributed by atoms with van der Waals surface area (Å²) in [6.07, 6.45) is 0.867. The Hall–Kier alpha value is -1.84. The lowest BCUT2D eigenvalue weighted by molar-refractivity contribution is -0.00632. The molecule has 106 valence electrons. The summed E-state index contributed by atoms with van der Waals surface area (Å²) in [4.78, 5) is 1.79. The molecule has 0 heterocycles. The average Bonchev–Trinajstić information content (AvgIpc) is 2.34. The van der Waals surface area contributed by atoms with Crippen molar-refractivity contribution in [1.29, 1.82) is 0 Å². The number of rotatable bonds is 2. The molecule has 0 radical (unpaired) electrons. The molecular weight excluding hydrogens is 308 g/mol. The first-order valence-electron chi connectivity index (χ1n) is 5.16. The predicted molar refractivity (Wildman–Crippen MR) is 68.1 cm³/mol. The number of hydrogen-bond acceptors (Lipinski definition) is 4. The Labute approximate surface area is 114 Å². The monoisotopic (exact) mass is 316 g/mol. The fourth-order valence-electron chi connectivity index (χ4n) is 1.99. The number of allylic oxidation sites excluding steroid dienone is 1. The van der Waals surface area contributed by atoms with E-state index >= 15 is 0 Å². The average molecular weight is 316 g/mol. The van der Waals surface area contributed by atoms with E-state index in [0.29, 0.717) is 0 Å². The molecule has 0 aliphatic heterocycles. The van der Waals surface area contributed by atoms with E-state index in [0.717, 1.165) is 12.1 Å². The van der Waals surface area contributed by atoms with Gasteiger partial charge < -0.3 is 5.53 Å². The summed E-state index contributed by atoms with van der Waals surface area (Å²) in [7, 11) is -9.24. The van der Waals surface area contributed by atoms with Crippen molar-refractivity contribution in [3.8, 4) is 0 Å². The van der Waals surface area contributed by atoms with Crippen LogP contribution in [0.3, 0.4) is 0 Å². The molecule has 0 fully saturated rings. The van der Waals surface area contributed by atoms with E-state index in [1.165, 1.54) is 12.1 Å². The highest BCUT2D eigenvalue weighted by molar-refractivity contribution is 7.95. The van der Waals surface area contributed by atoms with E-state index in [2.05, 4.69) is 4.79 Å². The van der Waals surface area contributed by atoms with Crippen LogP contribution in [0, 0.1) is 0 Å². The highest BCUT2D eigenvalue weighted by Crippen LogP contribution is 2.33. The minimum absolute atomic E-state index is 0.138. The van der Waals surface area contributed by atoms with Crippen LogP contribution in [0.15, 0.2) is 29.2 Å². The van der Waals surface area contributed by atoms with Crippen LogP contribution in [0.5, 0.6) is 0 Å². The van der Waals surface area contributed by atoms with Gasteiger partial charge in [0.1, 0.15) is 4.90 Å². The van der Waals surface area contributed by atoms with E-state index in [4.69, 9.17) is 14.6 Å². The molecule has 10 heteroatoms. The topological polar surface area (TPSA) is 145 Å². The lowest BCUT2D eigenvalue weighted by Gasteiger charge is -2.14. The zero-order valence-corrected chi connectivity index (χ0v) is 11.4. The lowest BCUT2D eigenvalue weighted by atomic mass is 9.95. The molecule has 20 heavy (non-hydrogen) atoms. The zero-order valence-electron chi connectivity index (χ0n) is 9.75. The zero-order chi connectivity index (χ0) is 15.1. The quantitative estimate of drug-likeness (QED) is 0.464. The van der Waals surface area contributed by atoms with Crippen LogP contribution in [0.1, 0.15) is 17.5 Å². The van der Waals surface area contributed by atoms with E-state index in [1.54, 1.807) is 0 Å². The summed E-state index contributed by atoms with van der Waals surface area (Å²) < 4.78 is 63.5. The van der Waals surface area contributed by atoms with Crippen LogP contribution >= 0.6 is 0 Å². The van der Waals surface area contributed by atoms with Crippen molar-refractivity contribution in [2.75, 3.05) is 0 Å². The van der Waals surface area contributed by atoms with Gasteiger partial charge in [0.05, 0.1) is 16.9 Å². The molecule has 0 spiro atoms. The summed E-state index contributed by atoms with van der Waals surface area (Å²) in [5.41, 5.74) is 8.33. The van der Waals surface area contributed by atoms with E-state index in [9.17, 15) is 16.8 Å². The maximum Gasteiger partial charge on any atom is 0.305 e. The Balaban J connectivity index is 2.94. The minimum atomic E-state index is -4.65. The number of nitrogens with zero attached hydrogens (tertiary/aromatic N) is 2. The Morgan fingerprint density at radius 2 is 1.75 bits per heavy atom. The van der Waals surface area contributed by atoms with Gasteiger partial charge in [-0.05, 0) is 6.07 Å². The van der Waals surface area contributed by atoms with Crippen molar-refractivity contribution in [3.05, 3.63) is 40.9 Å². The number of benzene rings is 1. The van der Waals surface area contributed by atoms with Crippen molar-refractivity contribution in [3.63, 3.8) is 0 Å². The van der Waals surface area contributed by atoms with Gasteiger partial charge in [-0.2, -0.15) is 21.6 Å². The van der Waals surface area contributed by atoms with Gasteiger partial charge >= 0.3 is 5.71 Å². The van der Waals surface area contributed by atoms with Crippen molar-refractivity contribution in [1.82, 2.24) is 0 Å². The molecule has 0 atom stereocenters. The Morgan fingerprint density at radius 1 is 1.10 bits per heavy atom. The van der Waals surface area contributed by atoms with Crippen molar-refractivity contribution in [2.45, 2.75) is 11.3 Å². The fraction of sp³-hybridized carbons (Fsp3) is 0.100. The van der Waals surface area contributed by atoms with Gasteiger partial charge in [-0.1, -0.05) is 18.2 Å². The van der Waals surface area contributed by atoms with E-state index in [-0.39, 0.29) is 23.3 Å². The molecule has 1 aliphatic rings. The van der Waals surface area contributed by atoms with Crippen LogP contribution in [-0.4, -0.2) is 36.4 Å². The summed E-state index contributed by atoms with van der Waals surface area (Å²) in [5, 5.41) is 0. The standard InChI is InChI=1S/C10H8N2O6S2/c11-12-7-4-5-8(19(13,14)15)6-2-1-3-9(10(6)7)20(16,17)18/h1-3,5H,4H2,(H,13,14,15)(H,16,17,18). The van der Waals surface area contributed by atoms with Gasteiger partial charge in [-0.15, -0.1) is 0 Å². The molecule has 0 amide bonds. The first-order chi connectivity index (χ1) is 9.16. The Kier molecular flexibility index (Phi) is 3.36. The molecule has 0 saturated heterocycles. The molecule has 0 aromatic heterocycles. The summed E-state index contributed by atoms with van der Waals surface area (Å²) >= 11 is 0. The molecule has 1 aromatic rings. The first kappa shape index (κ1) is 14.6. The van der Waals surface area contributed by atoms with Gasteiger partial charge in [-0.3, -0.25) is 9.11 Å². The molecule has 1 aliphatic carbocycles. The summed E-state index contributed by atoms with van der Waals surface area (Å²) in [6, 6.07) is 3.46. The third-order valence-corrected chi connectivity index (χ3v) is 4.58. The second-order valence-corrected chi connectivity index (χ2v) is 6.73. The second kappa shape index (κ2) is 4.62. The van der Waals surface area contributed by atoms with Crippen molar-refractivity contribution in [2.24, 2.45) is 0 Å². The lowest BCUT2D eigenvalue weighted by Crippen LogP contribution is -2.18. The highest BCUT2D eigenvalue weighted by Gasteiger charge is 2.34. The van der Waals surface area contributed by atoms with Crippen molar-refractivity contribution < 1.29 is 30.7 Å². The van der Waals surface area contributed by atoms with Gasteiger partial charge in [0, 0.05) is 5.56 Å². The third kappa shape index (κ3) is 2.42. The fourth-order valence-corrected chi connectivity index (χ4v) is 3.46. The first-order valence-corrected chi connectivity index (χ1v) is 8.04. The van der Waals surface area contributed by atoms with Crippen LogP contribution < -0.4 is 0 Å². The third-order valence-electron chi connectivity index (χ3n) is 2.74. The summed E-state index contributed by atoms with van der Waals surface area (Å²) in [5.74, 6) is 0. The van der Waals surface area contributed by atoms with E-state index < -0.39 is 30.0 Å². The molecule has 0 unspecified atom stereocenters. The predicted octanol–water partition coefficient (Wildman–Crippen LogP) is 0.585. The van der Waals surface area contributed by atoms with Gasteiger partial charge in [0.25, 0.3) is 20.2 Å². The maximum atomic E-state index is 11.3. The Morgan fingerprint density at radius 3 is 2.25 bits per heavy atom. The molecule has 1 aromatic carbocycles. The SMILES string of the molecule is [N-]=[N+]=C1CC=C(S(=O)(=O)O)c2cccc(S(=O)(=O)O)c21. The number of fused-ring (bicyclic) bond motifs is 1. The normalized spacial score (nSPS) is 15.3. The minimum Gasteiger partial charge on any atom is -0.361 e. The van der Waals surface area contributed by atoms with Crippen LogP contribution in [0.2, 0.25) is 0 Å². The maximum absolute atomic E-state index is 11.3.